The van der Waals surface area contributed by atoms with Crippen molar-refractivity contribution in [3.63, 3.8) is 0 Å². The highest BCUT2D eigenvalue weighted by atomic mass is 16.5. The Kier molecular flexibility index (Phi) is 6.47. The Balaban J connectivity index is 2.58. The molecule has 0 aliphatic heterocycles. The molecule has 0 spiro atoms. The summed E-state index contributed by atoms with van der Waals surface area (Å²) in [5, 5.41) is 3.25. The van der Waals surface area contributed by atoms with Crippen molar-refractivity contribution in [2.45, 2.75) is 47.0 Å². The maximum atomic E-state index is 12.6. The summed E-state index contributed by atoms with van der Waals surface area (Å²) in [6, 6.07) is 14.5. The van der Waals surface area contributed by atoms with E-state index in [2.05, 4.69) is 51.2 Å². The molecule has 3 nitrogen and oxygen atoms in total. The van der Waals surface area contributed by atoms with E-state index in [-0.39, 0.29) is 17.3 Å². The van der Waals surface area contributed by atoms with E-state index in [1.165, 1.54) is 5.56 Å². The minimum atomic E-state index is -0.269. The highest BCUT2D eigenvalue weighted by molar-refractivity contribution is 5.97. The van der Waals surface area contributed by atoms with Gasteiger partial charge in [-0.3, -0.25) is 0 Å². The summed E-state index contributed by atoms with van der Waals surface area (Å²) in [7, 11) is 1.87. The van der Waals surface area contributed by atoms with Crippen LogP contribution in [0.5, 0.6) is 0 Å². The Morgan fingerprint density at radius 3 is 2.31 bits per heavy atom. The monoisotopic (exact) mass is 353 g/mol. The maximum Gasteiger partial charge on any atom is 0.340 e. The van der Waals surface area contributed by atoms with Gasteiger partial charge in [-0.1, -0.05) is 64.1 Å². The molecule has 26 heavy (non-hydrogen) atoms. The molecule has 1 N–H and O–H groups in total. The highest BCUT2D eigenvalue weighted by Crippen LogP contribution is 2.40. The quantitative estimate of drug-likeness (QED) is 0.682. The van der Waals surface area contributed by atoms with Gasteiger partial charge in [0.05, 0.1) is 17.9 Å². The van der Waals surface area contributed by atoms with Gasteiger partial charge in [-0.05, 0) is 47.4 Å². The smallest absolute Gasteiger partial charge is 0.340 e. The number of esters is 1. The third-order valence-electron chi connectivity index (χ3n) is 4.99. The highest BCUT2D eigenvalue weighted by Gasteiger charge is 2.27. The first-order chi connectivity index (χ1) is 12.3. The van der Waals surface area contributed by atoms with Gasteiger partial charge in [-0.15, -0.1) is 0 Å². The molecule has 0 aromatic heterocycles. The van der Waals surface area contributed by atoms with Crippen LogP contribution in [0.1, 0.15) is 67.6 Å². The van der Waals surface area contributed by atoms with Crippen LogP contribution in [-0.4, -0.2) is 19.6 Å². The molecule has 0 bridgehead atoms. The van der Waals surface area contributed by atoms with Crippen molar-refractivity contribution in [3.05, 3.63) is 64.7 Å². The molecular formula is C23H31NO2. The van der Waals surface area contributed by atoms with Crippen LogP contribution in [0.3, 0.4) is 0 Å². The van der Waals surface area contributed by atoms with Crippen molar-refractivity contribution in [3.8, 4) is 0 Å². The van der Waals surface area contributed by atoms with Crippen molar-refractivity contribution in [2.75, 3.05) is 19.0 Å². The molecule has 1 unspecified atom stereocenters. The Morgan fingerprint density at radius 2 is 1.77 bits per heavy atom. The molecule has 0 fully saturated rings. The Labute approximate surface area is 157 Å². The summed E-state index contributed by atoms with van der Waals surface area (Å²) in [6.45, 7) is 11.1. The standard InChI is InChI=1S/C23H31NO2/c1-7-26-22(25)20-15-18(13-17-11-9-8-10-12-17)14-19(21(20)24-6)16(2)23(3,4)5/h8-12,14-16,24H,7,13H2,1-6H3. The minimum Gasteiger partial charge on any atom is -0.462 e. The molecule has 140 valence electrons. The molecule has 2 aromatic carbocycles. The van der Waals surface area contributed by atoms with Gasteiger partial charge in [-0.2, -0.15) is 0 Å². The fourth-order valence-electron chi connectivity index (χ4n) is 3.12. The molecule has 0 saturated heterocycles. The number of hydrogen-bond acceptors (Lipinski definition) is 3. The number of anilines is 1. The van der Waals surface area contributed by atoms with Gasteiger partial charge in [0.25, 0.3) is 0 Å². The second-order valence-corrected chi connectivity index (χ2v) is 7.83. The molecule has 2 rings (SSSR count). The molecule has 0 heterocycles. The van der Waals surface area contributed by atoms with Crippen LogP contribution in [-0.2, 0) is 11.2 Å². The molecule has 3 heteroatoms. The van der Waals surface area contributed by atoms with E-state index < -0.39 is 0 Å². The van der Waals surface area contributed by atoms with Crippen LogP contribution in [0.15, 0.2) is 42.5 Å². The fraction of sp³-hybridized carbons (Fsp3) is 0.435. The predicted octanol–water partition coefficient (Wildman–Crippen LogP) is 5.65. The van der Waals surface area contributed by atoms with Gasteiger partial charge in [0.15, 0.2) is 0 Å². The van der Waals surface area contributed by atoms with E-state index >= 15 is 0 Å². The van der Waals surface area contributed by atoms with Crippen molar-refractivity contribution >= 4 is 11.7 Å². The molecule has 0 aliphatic rings. The summed E-state index contributed by atoms with van der Waals surface area (Å²) in [4.78, 5) is 12.6. The van der Waals surface area contributed by atoms with Crippen molar-refractivity contribution < 1.29 is 9.53 Å². The second kappa shape index (κ2) is 8.39. The normalized spacial score (nSPS) is 12.5. The topological polar surface area (TPSA) is 38.3 Å². The number of nitrogens with one attached hydrogen (secondary N) is 1. The third-order valence-corrected chi connectivity index (χ3v) is 4.99. The van der Waals surface area contributed by atoms with Gasteiger partial charge >= 0.3 is 5.97 Å². The van der Waals surface area contributed by atoms with Crippen molar-refractivity contribution in [2.24, 2.45) is 5.41 Å². The van der Waals surface area contributed by atoms with Crippen LogP contribution < -0.4 is 5.32 Å². The lowest BCUT2D eigenvalue weighted by Gasteiger charge is -2.30. The molecule has 1 atom stereocenters. The zero-order chi connectivity index (χ0) is 19.3. The average molecular weight is 354 g/mol. The number of rotatable bonds is 6. The van der Waals surface area contributed by atoms with Gasteiger partial charge in [0.1, 0.15) is 0 Å². The van der Waals surface area contributed by atoms with Crippen LogP contribution in [0.25, 0.3) is 0 Å². The van der Waals surface area contributed by atoms with E-state index in [0.717, 1.165) is 23.2 Å². The first kappa shape index (κ1) is 20.0. The predicted molar refractivity (Wildman–Crippen MR) is 109 cm³/mol. The molecular weight excluding hydrogens is 322 g/mol. The molecule has 2 aromatic rings. The van der Waals surface area contributed by atoms with Gasteiger partial charge in [-0.25, -0.2) is 4.79 Å². The lowest BCUT2D eigenvalue weighted by atomic mass is 9.76. The molecule has 0 amide bonds. The Hall–Kier alpha value is -2.29. The number of carbonyl (C=O) groups is 1. The average Bonchev–Trinajstić information content (AvgIpc) is 2.60. The van der Waals surface area contributed by atoms with Gasteiger partial charge in [0.2, 0.25) is 0 Å². The van der Waals surface area contributed by atoms with E-state index in [1.807, 2.05) is 38.2 Å². The first-order valence-corrected chi connectivity index (χ1v) is 9.33. The van der Waals surface area contributed by atoms with E-state index in [0.29, 0.717) is 12.2 Å². The SMILES string of the molecule is CCOC(=O)c1cc(Cc2ccccc2)cc(C(C)C(C)(C)C)c1NC. The minimum absolute atomic E-state index is 0.0862. The van der Waals surface area contributed by atoms with Crippen LogP contribution >= 0.6 is 0 Å². The van der Waals surface area contributed by atoms with Crippen LogP contribution in [0, 0.1) is 5.41 Å². The molecule has 0 saturated carbocycles. The van der Waals surface area contributed by atoms with E-state index in [4.69, 9.17) is 4.74 Å². The largest absolute Gasteiger partial charge is 0.462 e. The lowest BCUT2D eigenvalue weighted by molar-refractivity contribution is 0.0527. The van der Waals surface area contributed by atoms with Crippen LogP contribution in [0.4, 0.5) is 5.69 Å². The van der Waals surface area contributed by atoms with Crippen LogP contribution in [0.2, 0.25) is 0 Å². The Morgan fingerprint density at radius 1 is 1.12 bits per heavy atom. The van der Waals surface area contributed by atoms with Crippen molar-refractivity contribution in [1.82, 2.24) is 0 Å². The molecule has 0 radical (unpaired) electrons. The fourth-order valence-corrected chi connectivity index (χ4v) is 3.12. The second-order valence-electron chi connectivity index (χ2n) is 7.83. The number of hydrogen-bond donors (Lipinski definition) is 1. The summed E-state index contributed by atoms with van der Waals surface area (Å²) in [5.74, 6) is 0.0166. The van der Waals surface area contributed by atoms with E-state index in [1.54, 1.807) is 0 Å². The summed E-state index contributed by atoms with van der Waals surface area (Å²) in [6.07, 6.45) is 0.793. The Bertz CT molecular complexity index is 745. The summed E-state index contributed by atoms with van der Waals surface area (Å²) < 4.78 is 5.32. The first-order valence-electron chi connectivity index (χ1n) is 9.33. The zero-order valence-corrected chi connectivity index (χ0v) is 16.8. The van der Waals surface area contributed by atoms with Crippen molar-refractivity contribution in [1.29, 1.82) is 0 Å². The maximum absolute atomic E-state index is 12.6. The summed E-state index contributed by atoms with van der Waals surface area (Å²) in [5.41, 5.74) is 5.11. The van der Waals surface area contributed by atoms with E-state index in [9.17, 15) is 4.79 Å². The van der Waals surface area contributed by atoms with Gasteiger partial charge in [0, 0.05) is 7.05 Å². The number of benzene rings is 2. The van der Waals surface area contributed by atoms with Gasteiger partial charge < -0.3 is 10.1 Å². The number of carbonyl (C=O) groups excluding carboxylic acids is 1. The molecule has 0 aliphatic carbocycles. The zero-order valence-electron chi connectivity index (χ0n) is 16.8. The third kappa shape index (κ3) is 4.66. The number of ether oxygens (including phenoxy) is 1. The summed E-state index contributed by atoms with van der Waals surface area (Å²) >= 11 is 0. The lowest BCUT2D eigenvalue weighted by Crippen LogP contribution is -2.19.